The summed E-state index contributed by atoms with van der Waals surface area (Å²) in [5.41, 5.74) is 0.185. The SMILES string of the molecule is COc1cc(F)cc(C(C)NC(=O)C(F)(F)F)c1. The molecule has 0 spiro atoms. The minimum atomic E-state index is -4.97. The normalized spacial score (nSPS) is 13.0. The second-order valence-electron chi connectivity index (χ2n) is 3.62. The van der Waals surface area contributed by atoms with Crippen molar-refractivity contribution in [1.29, 1.82) is 0 Å². The molecule has 18 heavy (non-hydrogen) atoms. The zero-order chi connectivity index (χ0) is 13.9. The van der Waals surface area contributed by atoms with E-state index in [0.29, 0.717) is 0 Å². The summed E-state index contributed by atoms with van der Waals surface area (Å²) in [6, 6.07) is 2.49. The van der Waals surface area contributed by atoms with E-state index in [9.17, 15) is 22.4 Å². The van der Waals surface area contributed by atoms with Gasteiger partial charge >= 0.3 is 12.1 Å². The zero-order valence-corrected chi connectivity index (χ0v) is 9.64. The van der Waals surface area contributed by atoms with Crippen LogP contribution in [-0.2, 0) is 4.79 Å². The van der Waals surface area contributed by atoms with Crippen LogP contribution in [0.25, 0.3) is 0 Å². The molecule has 0 fully saturated rings. The van der Waals surface area contributed by atoms with Crippen molar-refractivity contribution in [2.75, 3.05) is 7.11 Å². The van der Waals surface area contributed by atoms with Crippen LogP contribution in [0.3, 0.4) is 0 Å². The average Bonchev–Trinajstić information content (AvgIpc) is 2.26. The summed E-state index contributed by atoms with van der Waals surface area (Å²) in [6.07, 6.45) is -4.97. The number of halogens is 4. The summed E-state index contributed by atoms with van der Waals surface area (Å²) < 4.78 is 54.0. The summed E-state index contributed by atoms with van der Waals surface area (Å²) in [6.45, 7) is 1.32. The van der Waals surface area contributed by atoms with E-state index in [1.807, 2.05) is 0 Å². The fourth-order valence-corrected chi connectivity index (χ4v) is 1.31. The predicted octanol–water partition coefficient (Wildman–Crippen LogP) is 2.57. The lowest BCUT2D eigenvalue weighted by Crippen LogP contribution is -2.38. The van der Waals surface area contributed by atoms with Gasteiger partial charge in [-0.25, -0.2) is 4.39 Å². The van der Waals surface area contributed by atoms with Crippen molar-refractivity contribution >= 4 is 5.91 Å². The molecule has 7 heteroatoms. The number of nitrogens with one attached hydrogen (secondary N) is 1. The van der Waals surface area contributed by atoms with E-state index < -0.39 is 23.9 Å². The Kier molecular flexibility index (Phi) is 4.15. The third-order valence-corrected chi connectivity index (χ3v) is 2.23. The van der Waals surface area contributed by atoms with Crippen LogP contribution >= 0.6 is 0 Å². The van der Waals surface area contributed by atoms with Crippen LogP contribution < -0.4 is 10.1 Å². The molecule has 0 aromatic heterocycles. The van der Waals surface area contributed by atoms with Gasteiger partial charge in [0.1, 0.15) is 11.6 Å². The molecule has 0 aliphatic rings. The number of amides is 1. The van der Waals surface area contributed by atoms with Gasteiger partial charge in [-0.1, -0.05) is 0 Å². The van der Waals surface area contributed by atoms with Crippen LogP contribution in [0, 0.1) is 5.82 Å². The van der Waals surface area contributed by atoms with E-state index >= 15 is 0 Å². The van der Waals surface area contributed by atoms with Gasteiger partial charge in [-0.3, -0.25) is 4.79 Å². The lowest BCUT2D eigenvalue weighted by Gasteiger charge is -2.16. The molecule has 1 unspecified atom stereocenters. The van der Waals surface area contributed by atoms with Gasteiger partial charge in [0.25, 0.3) is 0 Å². The number of hydrogen-bond donors (Lipinski definition) is 1. The van der Waals surface area contributed by atoms with E-state index in [-0.39, 0.29) is 11.3 Å². The highest BCUT2D eigenvalue weighted by Crippen LogP contribution is 2.23. The fraction of sp³-hybridized carbons (Fsp3) is 0.364. The molecule has 3 nitrogen and oxygen atoms in total. The molecule has 100 valence electrons. The van der Waals surface area contributed by atoms with Gasteiger partial charge in [0.05, 0.1) is 13.2 Å². The monoisotopic (exact) mass is 265 g/mol. The number of carbonyl (C=O) groups excluding carboxylic acids is 1. The van der Waals surface area contributed by atoms with E-state index in [1.54, 1.807) is 5.32 Å². The highest BCUT2D eigenvalue weighted by Gasteiger charge is 2.39. The van der Waals surface area contributed by atoms with Gasteiger partial charge in [-0.15, -0.1) is 0 Å². The molecule has 1 aromatic carbocycles. The van der Waals surface area contributed by atoms with Gasteiger partial charge < -0.3 is 10.1 Å². The smallest absolute Gasteiger partial charge is 0.471 e. The number of carbonyl (C=O) groups is 1. The van der Waals surface area contributed by atoms with Gasteiger partial charge in [0.15, 0.2) is 0 Å². The first-order valence-electron chi connectivity index (χ1n) is 4.96. The first-order valence-corrected chi connectivity index (χ1v) is 4.96. The molecule has 0 bridgehead atoms. The van der Waals surface area contributed by atoms with Gasteiger partial charge in [0.2, 0.25) is 0 Å². The second-order valence-corrected chi connectivity index (χ2v) is 3.62. The molecule has 1 aromatic rings. The van der Waals surface area contributed by atoms with E-state index in [0.717, 1.165) is 12.1 Å². The van der Waals surface area contributed by atoms with Crippen molar-refractivity contribution in [2.24, 2.45) is 0 Å². The van der Waals surface area contributed by atoms with Crippen LogP contribution in [0.5, 0.6) is 5.75 Å². The molecule has 0 heterocycles. The van der Waals surface area contributed by atoms with Crippen molar-refractivity contribution in [1.82, 2.24) is 5.32 Å². The minimum absolute atomic E-state index is 0.165. The Balaban J connectivity index is 2.87. The topological polar surface area (TPSA) is 38.3 Å². The lowest BCUT2D eigenvalue weighted by molar-refractivity contribution is -0.174. The third kappa shape index (κ3) is 3.61. The molecule has 1 atom stereocenters. The summed E-state index contributed by atoms with van der Waals surface area (Å²) >= 11 is 0. The minimum Gasteiger partial charge on any atom is -0.497 e. The predicted molar refractivity (Wildman–Crippen MR) is 55.6 cm³/mol. The van der Waals surface area contributed by atoms with Gasteiger partial charge in [0, 0.05) is 6.07 Å². The number of ether oxygens (including phenoxy) is 1. The number of benzene rings is 1. The molecule has 0 aliphatic heterocycles. The van der Waals surface area contributed by atoms with Gasteiger partial charge in [-0.05, 0) is 24.6 Å². The number of alkyl halides is 3. The van der Waals surface area contributed by atoms with Crippen LogP contribution in [0.1, 0.15) is 18.5 Å². The van der Waals surface area contributed by atoms with Crippen LogP contribution in [0.2, 0.25) is 0 Å². The maximum Gasteiger partial charge on any atom is 0.471 e. The average molecular weight is 265 g/mol. The number of rotatable bonds is 3. The quantitative estimate of drug-likeness (QED) is 0.853. The molecule has 0 aliphatic carbocycles. The molecule has 1 N–H and O–H groups in total. The van der Waals surface area contributed by atoms with Crippen molar-refractivity contribution in [2.45, 2.75) is 19.1 Å². The summed E-state index contributed by atoms with van der Waals surface area (Å²) in [7, 11) is 1.30. The number of hydrogen-bond acceptors (Lipinski definition) is 2. The Morgan fingerprint density at radius 2 is 1.94 bits per heavy atom. The Hall–Kier alpha value is -1.79. The zero-order valence-electron chi connectivity index (χ0n) is 9.64. The molecular weight excluding hydrogens is 254 g/mol. The molecule has 0 saturated carbocycles. The molecule has 1 rings (SSSR count). The molecule has 0 saturated heterocycles. The van der Waals surface area contributed by atoms with Crippen molar-refractivity contribution < 1.29 is 27.1 Å². The first-order chi connectivity index (χ1) is 8.24. The summed E-state index contributed by atoms with van der Waals surface area (Å²) in [4.78, 5) is 10.7. The first kappa shape index (κ1) is 14.3. The maximum atomic E-state index is 13.1. The van der Waals surface area contributed by atoms with E-state index in [2.05, 4.69) is 0 Å². The summed E-state index contributed by atoms with van der Waals surface area (Å²) in [5.74, 6) is -2.56. The maximum absolute atomic E-state index is 13.1. The largest absolute Gasteiger partial charge is 0.497 e. The number of methoxy groups -OCH3 is 1. The van der Waals surface area contributed by atoms with Crippen LogP contribution in [0.15, 0.2) is 18.2 Å². The highest BCUT2D eigenvalue weighted by molar-refractivity contribution is 5.82. The molecular formula is C11H11F4NO2. The van der Waals surface area contributed by atoms with Crippen molar-refractivity contribution in [3.8, 4) is 5.75 Å². The van der Waals surface area contributed by atoms with Gasteiger partial charge in [-0.2, -0.15) is 13.2 Å². The highest BCUT2D eigenvalue weighted by atomic mass is 19.4. The van der Waals surface area contributed by atoms with Crippen LogP contribution in [0.4, 0.5) is 17.6 Å². The van der Waals surface area contributed by atoms with Crippen molar-refractivity contribution in [3.63, 3.8) is 0 Å². The lowest BCUT2D eigenvalue weighted by atomic mass is 10.1. The molecule has 1 amide bonds. The Morgan fingerprint density at radius 1 is 1.33 bits per heavy atom. The van der Waals surface area contributed by atoms with Crippen LogP contribution in [-0.4, -0.2) is 19.2 Å². The van der Waals surface area contributed by atoms with Crippen molar-refractivity contribution in [3.05, 3.63) is 29.6 Å². The summed E-state index contributed by atoms with van der Waals surface area (Å²) in [5, 5.41) is 1.73. The van der Waals surface area contributed by atoms with E-state index in [1.165, 1.54) is 20.1 Å². The Morgan fingerprint density at radius 3 is 2.44 bits per heavy atom. The second kappa shape index (κ2) is 5.24. The van der Waals surface area contributed by atoms with E-state index in [4.69, 9.17) is 4.74 Å². The fourth-order valence-electron chi connectivity index (χ4n) is 1.31. The molecule has 0 radical (unpaired) electrons. The Bertz CT molecular complexity index is 445. The Labute approximate surface area is 101 Å². The third-order valence-electron chi connectivity index (χ3n) is 2.23. The standard InChI is InChI=1S/C11H11F4NO2/c1-6(16-10(17)11(13,14)15)7-3-8(12)5-9(4-7)18-2/h3-6H,1-2H3,(H,16,17).